The Morgan fingerprint density at radius 3 is 2.62 bits per heavy atom. The second-order valence-corrected chi connectivity index (χ2v) is 7.76. The van der Waals surface area contributed by atoms with E-state index in [9.17, 15) is 4.79 Å². The fourth-order valence-corrected chi connectivity index (χ4v) is 3.72. The van der Waals surface area contributed by atoms with E-state index < -0.39 is 5.54 Å². The lowest BCUT2D eigenvalue weighted by molar-refractivity contribution is -0.120. The molecule has 1 aliphatic heterocycles. The molecule has 0 spiro atoms. The number of aromatic nitrogens is 1. The summed E-state index contributed by atoms with van der Waals surface area (Å²) in [5.74, 6) is -0.227. The number of carbonyl (C=O) groups excluding carboxylic acids is 1. The molecule has 4 rings (SSSR count). The van der Waals surface area contributed by atoms with Crippen molar-refractivity contribution in [2.24, 2.45) is 5.73 Å². The second kappa shape index (κ2) is 8.37. The van der Waals surface area contributed by atoms with Crippen LogP contribution in [-0.2, 0) is 21.6 Å². The SMILES string of the molecule is CC(N)(C(=O)Nc1ccc2c(ccn2CCN2CCOCC2)c1)c1ccccc1. The highest BCUT2D eigenvalue weighted by Gasteiger charge is 2.30. The lowest BCUT2D eigenvalue weighted by Crippen LogP contribution is -2.45. The van der Waals surface area contributed by atoms with Gasteiger partial charge in [-0.05, 0) is 36.8 Å². The third kappa shape index (κ3) is 4.34. The minimum atomic E-state index is -1.10. The quantitative estimate of drug-likeness (QED) is 0.677. The Morgan fingerprint density at radius 1 is 1.10 bits per heavy atom. The van der Waals surface area contributed by atoms with Crippen LogP contribution in [0.15, 0.2) is 60.8 Å². The van der Waals surface area contributed by atoms with E-state index in [0.717, 1.165) is 61.5 Å². The molecule has 152 valence electrons. The van der Waals surface area contributed by atoms with Crippen molar-refractivity contribution >= 4 is 22.5 Å². The van der Waals surface area contributed by atoms with Gasteiger partial charge in [0.25, 0.3) is 0 Å². The molecule has 1 amide bonds. The predicted octanol–water partition coefficient (Wildman–Crippen LogP) is 2.79. The number of benzene rings is 2. The summed E-state index contributed by atoms with van der Waals surface area (Å²) in [6, 6.07) is 17.5. The zero-order valence-electron chi connectivity index (χ0n) is 16.8. The monoisotopic (exact) mass is 392 g/mol. The van der Waals surface area contributed by atoms with Gasteiger partial charge in [0.05, 0.1) is 13.2 Å². The van der Waals surface area contributed by atoms with Gasteiger partial charge in [0.2, 0.25) is 5.91 Å². The number of amides is 1. The van der Waals surface area contributed by atoms with Crippen LogP contribution >= 0.6 is 0 Å². The standard InChI is InChI=1S/C23H28N4O2/c1-23(24,19-5-3-2-4-6-19)22(28)25-20-7-8-21-18(17-20)9-10-27(21)12-11-26-13-15-29-16-14-26/h2-10,17H,11-16,24H2,1H3,(H,25,28). The summed E-state index contributed by atoms with van der Waals surface area (Å²) < 4.78 is 7.67. The Labute approximate surface area is 171 Å². The van der Waals surface area contributed by atoms with E-state index in [2.05, 4.69) is 33.1 Å². The third-order valence-corrected chi connectivity index (χ3v) is 5.63. The Hall–Kier alpha value is -2.67. The molecular formula is C23H28N4O2. The van der Waals surface area contributed by atoms with E-state index >= 15 is 0 Å². The van der Waals surface area contributed by atoms with Crippen molar-refractivity contribution in [2.75, 3.05) is 38.2 Å². The molecule has 1 atom stereocenters. The van der Waals surface area contributed by atoms with E-state index in [4.69, 9.17) is 10.5 Å². The molecule has 1 aliphatic rings. The fourth-order valence-electron chi connectivity index (χ4n) is 3.72. The van der Waals surface area contributed by atoms with Crippen molar-refractivity contribution in [1.29, 1.82) is 0 Å². The number of nitrogens with one attached hydrogen (secondary N) is 1. The third-order valence-electron chi connectivity index (χ3n) is 5.63. The molecule has 3 aromatic rings. The zero-order valence-corrected chi connectivity index (χ0v) is 16.8. The van der Waals surface area contributed by atoms with Crippen molar-refractivity contribution in [3.8, 4) is 0 Å². The molecule has 2 aromatic carbocycles. The van der Waals surface area contributed by atoms with Crippen LogP contribution in [0.25, 0.3) is 10.9 Å². The number of fused-ring (bicyclic) bond motifs is 1. The van der Waals surface area contributed by atoms with Gasteiger partial charge in [0.15, 0.2) is 0 Å². The Bertz CT molecular complexity index is 975. The summed E-state index contributed by atoms with van der Waals surface area (Å²) in [5, 5.41) is 4.07. The average molecular weight is 393 g/mol. The van der Waals surface area contributed by atoms with Gasteiger partial charge in [-0.3, -0.25) is 9.69 Å². The minimum absolute atomic E-state index is 0.227. The van der Waals surface area contributed by atoms with Crippen LogP contribution in [0.2, 0.25) is 0 Å². The van der Waals surface area contributed by atoms with E-state index in [1.807, 2.05) is 42.5 Å². The minimum Gasteiger partial charge on any atom is -0.379 e. The lowest BCUT2D eigenvalue weighted by Gasteiger charge is -2.26. The smallest absolute Gasteiger partial charge is 0.248 e. The van der Waals surface area contributed by atoms with Crippen LogP contribution in [0.3, 0.4) is 0 Å². The maximum Gasteiger partial charge on any atom is 0.248 e. The van der Waals surface area contributed by atoms with E-state index in [1.165, 1.54) is 0 Å². The summed E-state index contributed by atoms with van der Waals surface area (Å²) in [6.07, 6.45) is 2.10. The highest BCUT2D eigenvalue weighted by Crippen LogP contribution is 2.24. The van der Waals surface area contributed by atoms with Gasteiger partial charge in [-0.25, -0.2) is 0 Å². The molecule has 1 unspecified atom stereocenters. The maximum absolute atomic E-state index is 12.8. The summed E-state index contributed by atoms with van der Waals surface area (Å²) >= 11 is 0. The van der Waals surface area contributed by atoms with Crippen LogP contribution in [0.5, 0.6) is 0 Å². The molecular weight excluding hydrogens is 364 g/mol. The van der Waals surface area contributed by atoms with Crippen molar-refractivity contribution < 1.29 is 9.53 Å². The molecule has 1 aromatic heterocycles. The molecule has 3 N–H and O–H groups in total. The number of nitrogens with two attached hydrogens (primary N) is 1. The van der Waals surface area contributed by atoms with Gasteiger partial charge < -0.3 is 20.4 Å². The first-order valence-corrected chi connectivity index (χ1v) is 10.1. The first kappa shape index (κ1) is 19.6. The number of nitrogens with zero attached hydrogens (tertiary/aromatic N) is 2. The number of carbonyl (C=O) groups is 1. The normalized spacial score (nSPS) is 17.2. The molecule has 1 fully saturated rings. The number of ether oxygens (including phenoxy) is 1. The Kier molecular flexibility index (Phi) is 5.67. The molecule has 0 saturated carbocycles. The summed E-state index contributed by atoms with van der Waals surface area (Å²) in [5.41, 5.74) is 7.93. The number of hydrogen-bond acceptors (Lipinski definition) is 4. The van der Waals surface area contributed by atoms with Crippen LogP contribution in [0.4, 0.5) is 5.69 Å². The van der Waals surface area contributed by atoms with Crippen LogP contribution < -0.4 is 11.1 Å². The molecule has 1 saturated heterocycles. The average Bonchev–Trinajstić information content (AvgIpc) is 3.16. The topological polar surface area (TPSA) is 72.5 Å². The Balaban J connectivity index is 1.44. The molecule has 0 radical (unpaired) electrons. The lowest BCUT2D eigenvalue weighted by atomic mass is 9.92. The molecule has 2 heterocycles. The first-order valence-electron chi connectivity index (χ1n) is 10.1. The van der Waals surface area contributed by atoms with E-state index in [1.54, 1.807) is 6.92 Å². The molecule has 0 aliphatic carbocycles. The Morgan fingerprint density at radius 2 is 1.86 bits per heavy atom. The van der Waals surface area contributed by atoms with E-state index in [0.29, 0.717) is 0 Å². The number of hydrogen-bond donors (Lipinski definition) is 2. The largest absolute Gasteiger partial charge is 0.379 e. The molecule has 0 bridgehead atoms. The van der Waals surface area contributed by atoms with Gasteiger partial charge in [0, 0.05) is 49.0 Å². The van der Waals surface area contributed by atoms with Gasteiger partial charge in [0.1, 0.15) is 5.54 Å². The van der Waals surface area contributed by atoms with Crippen LogP contribution in [-0.4, -0.2) is 48.2 Å². The van der Waals surface area contributed by atoms with Crippen LogP contribution in [0.1, 0.15) is 12.5 Å². The highest BCUT2D eigenvalue weighted by molar-refractivity contribution is 5.99. The summed E-state index contributed by atoms with van der Waals surface area (Å²) in [6.45, 7) is 7.30. The predicted molar refractivity (Wildman–Crippen MR) is 116 cm³/mol. The number of anilines is 1. The second-order valence-electron chi connectivity index (χ2n) is 7.76. The van der Waals surface area contributed by atoms with Crippen molar-refractivity contribution in [1.82, 2.24) is 9.47 Å². The zero-order chi connectivity index (χ0) is 20.3. The van der Waals surface area contributed by atoms with Gasteiger partial charge in [-0.15, -0.1) is 0 Å². The highest BCUT2D eigenvalue weighted by atomic mass is 16.5. The maximum atomic E-state index is 12.8. The van der Waals surface area contributed by atoms with E-state index in [-0.39, 0.29) is 5.91 Å². The molecule has 6 heteroatoms. The van der Waals surface area contributed by atoms with Gasteiger partial charge >= 0.3 is 0 Å². The number of morpholine rings is 1. The van der Waals surface area contributed by atoms with Crippen molar-refractivity contribution in [3.63, 3.8) is 0 Å². The van der Waals surface area contributed by atoms with Crippen molar-refractivity contribution in [3.05, 3.63) is 66.4 Å². The first-order chi connectivity index (χ1) is 14.0. The molecule has 29 heavy (non-hydrogen) atoms. The number of rotatable bonds is 6. The van der Waals surface area contributed by atoms with Gasteiger partial charge in [-0.2, -0.15) is 0 Å². The fraction of sp³-hybridized carbons (Fsp3) is 0.348. The van der Waals surface area contributed by atoms with Gasteiger partial charge in [-0.1, -0.05) is 30.3 Å². The van der Waals surface area contributed by atoms with Crippen molar-refractivity contribution in [2.45, 2.75) is 19.0 Å². The van der Waals surface area contributed by atoms with Crippen LogP contribution in [0, 0.1) is 0 Å². The summed E-state index contributed by atoms with van der Waals surface area (Å²) in [4.78, 5) is 15.2. The summed E-state index contributed by atoms with van der Waals surface area (Å²) in [7, 11) is 0. The molecule has 6 nitrogen and oxygen atoms in total.